The maximum atomic E-state index is 16.3. The molecular formula is C32H37FN8. The number of pyridine rings is 1. The van der Waals surface area contributed by atoms with Gasteiger partial charge in [-0.05, 0) is 57.0 Å². The van der Waals surface area contributed by atoms with Crippen LogP contribution in [0.5, 0.6) is 0 Å². The van der Waals surface area contributed by atoms with Crippen molar-refractivity contribution in [3.05, 3.63) is 78.8 Å². The summed E-state index contributed by atoms with van der Waals surface area (Å²) in [6.45, 7) is 13.9. The van der Waals surface area contributed by atoms with E-state index in [0.717, 1.165) is 67.5 Å². The zero-order valence-electron chi connectivity index (χ0n) is 23.8. The number of nitrogens with one attached hydrogen (secondary N) is 3. The average molecular weight is 553 g/mol. The highest BCUT2D eigenvalue weighted by atomic mass is 19.1. The second kappa shape index (κ2) is 11.3. The predicted octanol–water partition coefficient (Wildman–Crippen LogP) is 6.35. The lowest BCUT2D eigenvalue weighted by atomic mass is 10.0. The molecule has 1 saturated carbocycles. The Labute approximate surface area is 240 Å². The SMILES string of the molecule is C=C/C=C(\c1nc(-c2n[nH]c3ccc(-c4cncc(NC(=C)C5CCCC5)c4)c(F)c23)[nH]c1C)N1CCN(C)CC1. The quantitative estimate of drug-likeness (QED) is 0.221. The number of H-pyrrole nitrogens is 2. The van der Waals surface area contributed by atoms with Crippen LogP contribution in [0.4, 0.5) is 10.1 Å². The van der Waals surface area contributed by atoms with Crippen LogP contribution in [0.3, 0.4) is 0 Å². The van der Waals surface area contributed by atoms with Crippen molar-refractivity contribution in [3.63, 3.8) is 0 Å². The van der Waals surface area contributed by atoms with Crippen molar-refractivity contribution in [2.24, 2.45) is 5.92 Å². The standard InChI is InChI=1S/C32H37FN8/c1-5-8-27(41-15-13-40(4)14-16-41)30-21(3)36-32(37-30)31-28-26(38-39-31)12-11-25(29(28)33)23-17-24(19-34-18-23)35-20(2)22-9-6-7-10-22/h5,8,11-12,17-19,22,35H,1-2,6-7,9-10,13-16H2,3-4H3,(H,36,37)(H,38,39)/b27-8+. The molecule has 2 fully saturated rings. The maximum Gasteiger partial charge on any atom is 0.159 e. The lowest BCUT2D eigenvalue weighted by Gasteiger charge is -2.35. The fourth-order valence-electron chi connectivity index (χ4n) is 6.00. The summed E-state index contributed by atoms with van der Waals surface area (Å²) in [7, 11) is 2.13. The third-order valence-corrected chi connectivity index (χ3v) is 8.34. The van der Waals surface area contributed by atoms with Gasteiger partial charge < -0.3 is 20.1 Å². The first-order valence-corrected chi connectivity index (χ1v) is 14.3. The smallest absolute Gasteiger partial charge is 0.159 e. The lowest BCUT2D eigenvalue weighted by Crippen LogP contribution is -2.43. The van der Waals surface area contributed by atoms with Gasteiger partial charge in [-0.3, -0.25) is 10.1 Å². The molecule has 1 saturated heterocycles. The number of nitrogens with zero attached hydrogens (tertiary/aromatic N) is 5. The molecule has 0 atom stereocenters. The highest BCUT2D eigenvalue weighted by Gasteiger charge is 2.24. The molecule has 6 rings (SSSR count). The third-order valence-electron chi connectivity index (χ3n) is 8.34. The number of piperazine rings is 1. The van der Waals surface area contributed by atoms with Gasteiger partial charge in [-0.15, -0.1) is 0 Å². The van der Waals surface area contributed by atoms with Crippen LogP contribution in [-0.4, -0.2) is 68.2 Å². The number of benzene rings is 1. The number of halogens is 1. The summed E-state index contributed by atoms with van der Waals surface area (Å²) in [4.78, 5) is 17.3. The van der Waals surface area contributed by atoms with Crippen LogP contribution in [0.2, 0.25) is 0 Å². The van der Waals surface area contributed by atoms with Crippen molar-refractivity contribution in [2.45, 2.75) is 32.6 Å². The number of hydrogen-bond acceptors (Lipinski definition) is 6. The van der Waals surface area contributed by atoms with Gasteiger partial charge in [0.1, 0.15) is 17.2 Å². The van der Waals surface area contributed by atoms with E-state index in [-0.39, 0.29) is 5.82 Å². The topological polar surface area (TPSA) is 88.8 Å². The number of hydrogen-bond donors (Lipinski definition) is 3. The molecule has 8 nitrogen and oxygen atoms in total. The second-order valence-corrected chi connectivity index (χ2v) is 11.2. The molecule has 3 N–H and O–H groups in total. The van der Waals surface area contributed by atoms with Gasteiger partial charge in [0.25, 0.3) is 0 Å². The summed E-state index contributed by atoms with van der Waals surface area (Å²) in [6.07, 6.45) is 12.0. The molecule has 41 heavy (non-hydrogen) atoms. The normalized spacial score (nSPS) is 17.0. The van der Waals surface area contributed by atoms with Crippen molar-refractivity contribution in [3.8, 4) is 22.6 Å². The zero-order valence-corrected chi connectivity index (χ0v) is 23.8. The molecule has 1 aromatic carbocycles. The van der Waals surface area contributed by atoms with Crippen molar-refractivity contribution in [1.29, 1.82) is 0 Å². The van der Waals surface area contributed by atoms with Gasteiger partial charge >= 0.3 is 0 Å². The summed E-state index contributed by atoms with van der Waals surface area (Å²) in [6, 6.07) is 5.55. The fraction of sp³-hybridized carbons (Fsp3) is 0.344. The van der Waals surface area contributed by atoms with Gasteiger partial charge in [0.05, 0.1) is 28.5 Å². The minimum Gasteiger partial charge on any atom is -0.367 e. The number of likely N-dealkylation sites (N-methyl/N-ethyl adjacent to an activating group) is 1. The van der Waals surface area contributed by atoms with E-state index in [0.29, 0.717) is 39.5 Å². The van der Waals surface area contributed by atoms with Gasteiger partial charge in [0.15, 0.2) is 5.82 Å². The lowest BCUT2D eigenvalue weighted by molar-refractivity contribution is 0.207. The number of fused-ring (bicyclic) bond motifs is 1. The van der Waals surface area contributed by atoms with Crippen LogP contribution >= 0.6 is 0 Å². The summed E-state index contributed by atoms with van der Waals surface area (Å²) in [5.41, 5.74) is 6.72. The molecule has 0 amide bonds. The van der Waals surface area contributed by atoms with Gasteiger partial charge in [-0.2, -0.15) is 5.10 Å². The van der Waals surface area contributed by atoms with Gasteiger partial charge in [0.2, 0.25) is 0 Å². The van der Waals surface area contributed by atoms with Crippen LogP contribution < -0.4 is 5.32 Å². The molecule has 9 heteroatoms. The number of allylic oxidation sites excluding steroid dienone is 3. The first-order chi connectivity index (χ1) is 19.9. The van der Waals surface area contributed by atoms with Crippen molar-refractivity contribution >= 4 is 22.3 Å². The van der Waals surface area contributed by atoms with Crippen LogP contribution in [0.15, 0.2) is 61.6 Å². The van der Waals surface area contributed by atoms with Gasteiger partial charge in [-0.25, -0.2) is 9.37 Å². The number of aromatic nitrogens is 5. The molecule has 3 aromatic heterocycles. The Bertz CT molecular complexity index is 1620. The Morgan fingerprint density at radius 1 is 1.15 bits per heavy atom. The monoisotopic (exact) mass is 552 g/mol. The first kappa shape index (κ1) is 27.0. The Hall–Kier alpha value is -4.24. The first-order valence-electron chi connectivity index (χ1n) is 14.3. The largest absolute Gasteiger partial charge is 0.367 e. The van der Waals surface area contributed by atoms with E-state index in [1.807, 2.05) is 25.1 Å². The Morgan fingerprint density at radius 3 is 2.68 bits per heavy atom. The number of imidazole rings is 1. The third kappa shape index (κ3) is 5.29. The number of rotatable bonds is 8. The Balaban J connectivity index is 1.34. The fourth-order valence-corrected chi connectivity index (χ4v) is 6.00. The van der Waals surface area contributed by atoms with E-state index < -0.39 is 0 Å². The second-order valence-electron chi connectivity index (χ2n) is 11.2. The molecule has 4 heterocycles. The molecule has 1 aliphatic carbocycles. The highest BCUT2D eigenvalue weighted by molar-refractivity contribution is 5.95. The minimum absolute atomic E-state index is 0.364. The zero-order chi connectivity index (χ0) is 28.5. The van der Waals surface area contributed by atoms with Crippen molar-refractivity contribution in [2.75, 3.05) is 38.5 Å². The van der Waals surface area contributed by atoms with Crippen LogP contribution in [0.1, 0.15) is 37.1 Å². The maximum absolute atomic E-state index is 16.3. The number of anilines is 1. The van der Waals surface area contributed by atoms with Crippen molar-refractivity contribution in [1.82, 2.24) is 34.9 Å². The molecule has 212 valence electrons. The summed E-state index contributed by atoms with van der Waals surface area (Å²) >= 11 is 0. The molecule has 0 bridgehead atoms. The number of aromatic amines is 2. The molecule has 4 aromatic rings. The predicted molar refractivity (Wildman–Crippen MR) is 164 cm³/mol. The molecule has 0 spiro atoms. The van der Waals surface area contributed by atoms with Crippen molar-refractivity contribution < 1.29 is 4.39 Å². The van der Waals surface area contributed by atoms with Gasteiger partial charge in [0, 0.05) is 54.9 Å². The molecule has 0 unspecified atom stereocenters. The summed E-state index contributed by atoms with van der Waals surface area (Å²) in [5.74, 6) is 0.626. The molecule has 1 aliphatic heterocycles. The van der Waals surface area contributed by atoms with E-state index in [1.54, 1.807) is 24.5 Å². The Kier molecular flexibility index (Phi) is 7.45. The minimum atomic E-state index is -0.364. The van der Waals surface area contributed by atoms with Crippen LogP contribution in [-0.2, 0) is 0 Å². The number of aryl methyl sites for hydroxylation is 1. The summed E-state index contributed by atoms with van der Waals surface area (Å²) in [5, 5.41) is 11.3. The van der Waals surface area contributed by atoms with Crippen LogP contribution in [0.25, 0.3) is 39.2 Å². The molecule has 2 aliphatic rings. The highest BCUT2D eigenvalue weighted by Crippen LogP contribution is 2.36. The average Bonchev–Trinajstić information content (AvgIpc) is 3.73. The van der Waals surface area contributed by atoms with Crippen LogP contribution in [0, 0.1) is 18.7 Å². The molecular weight excluding hydrogens is 515 g/mol. The van der Waals surface area contributed by atoms with E-state index in [1.165, 1.54) is 12.8 Å². The van der Waals surface area contributed by atoms with E-state index in [9.17, 15) is 0 Å². The molecule has 0 radical (unpaired) electrons. The van der Waals surface area contributed by atoms with E-state index in [2.05, 4.69) is 55.5 Å². The van der Waals surface area contributed by atoms with E-state index in [4.69, 9.17) is 4.98 Å². The van der Waals surface area contributed by atoms with Gasteiger partial charge in [-0.1, -0.05) is 32.1 Å². The van der Waals surface area contributed by atoms with E-state index >= 15 is 4.39 Å². The Morgan fingerprint density at radius 2 is 1.93 bits per heavy atom. The summed E-state index contributed by atoms with van der Waals surface area (Å²) < 4.78 is 16.3.